The van der Waals surface area contributed by atoms with E-state index in [2.05, 4.69) is 4.98 Å². The van der Waals surface area contributed by atoms with E-state index in [4.69, 9.17) is 5.11 Å². The predicted molar refractivity (Wildman–Crippen MR) is 76.1 cm³/mol. The third-order valence-electron chi connectivity index (χ3n) is 3.75. The van der Waals surface area contributed by atoms with Crippen LogP contribution in [-0.2, 0) is 4.79 Å². The van der Waals surface area contributed by atoms with Gasteiger partial charge in [-0.1, -0.05) is 12.8 Å². The molecule has 1 fully saturated rings. The first-order valence-corrected chi connectivity index (χ1v) is 7.06. The molecule has 6 heteroatoms. The third-order valence-corrected chi connectivity index (χ3v) is 3.75. The molecule has 110 valence electrons. The average molecular weight is 279 g/mol. The molecule has 0 radical (unpaired) electrons. The number of nitrogens with zero attached hydrogens (tertiary/aromatic N) is 3. The van der Waals surface area contributed by atoms with Crippen molar-refractivity contribution in [3.05, 3.63) is 22.7 Å². The Balaban J connectivity index is 2.40. The van der Waals surface area contributed by atoms with Crippen LogP contribution in [0.5, 0.6) is 0 Å². The fourth-order valence-corrected chi connectivity index (χ4v) is 2.76. The number of aliphatic carboxylic acids is 1. The van der Waals surface area contributed by atoms with E-state index in [-0.39, 0.29) is 30.0 Å². The van der Waals surface area contributed by atoms with Gasteiger partial charge in [0.05, 0.1) is 0 Å². The van der Waals surface area contributed by atoms with Gasteiger partial charge in [0.25, 0.3) is 5.56 Å². The van der Waals surface area contributed by atoms with Gasteiger partial charge in [0.1, 0.15) is 6.54 Å². The summed E-state index contributed by atoms with van der Waals surface area (Å²) in [5.74, 6) is -0.673. The van der Waals surface area contributed by atoms with Crippen LogP contribution in [0.4, 0.5) is 5.82 Å². The molecule has 0 atom stereocenters. The summed E-state index contributed by atoms with van der Waals surface area (Å²) in [6.07, 6.45) is 7.21. The van der Waals surface area contributed by atoms with Crippen molar-refractivity contribution < 1.29 is 9.90 Å². The molecule has 0 aliphatic heterocycles. The minimum atomic E-state index is -0.932. The number of rotatable bonds is 5. The highest BCUT2D eigenvalue weighted by molar-refractivity contribution is 5.73. The number of hydrogen-bond acceptors (Lipinski definition) is 4. The summed E-state index contributed by atoms with van der Waals surface area (Å²) in [6.45, 7) is 3.67. The standard InChI is InChI=1S/C14H21N3O3/c1-10(2)16-8-7-15-13(14(16)20)17(9-12(18)19)11-5-3-4-6-11/h7-8,10-11H,3-6,9H2,1-2H3,(H,18,19). The maximum absolute atomic E-state index is 12.5. The van der Waals surface area contributed by atoms with Crippen molar-refractivity contribution in [2.24, 2.45) is 0 Å². The smallest absolute Gasteiger partial charge is 0.323 e. The van der Waals surface area contributed by atoms with E-state index in [0.717, 1.165) is 25.7 Å². The molecule has 1 aliphatic rings. The molecule has 1 heterocycles. The van der Waals surface area contributed by atoms with Crippen molar-refractivity contribution in [3.8, 4) is 0 Å². The van der Waals surface area contributed by atoms with Crippen molar-refractivity contribution in [1.29, 1.82) is 0 Å². The second-order valence-electron chi connectivity index (χ2n) is 5.52. The van der Waals surface area contributed by atoms with Gasteiger partial charge in [-0.3, -0.25) is 9.59 Å². The summed E-state index contributed by atoms with van der Waals surface area (Å²) >= 11 is 0. The Morgan fingerprint density at radius 3 is 2.70 bits per heavy atom. The number of carboxylic acid groups (broad SMARTS) is 1. The Labute approximate surface area is 118 Å². The van der Waals surface area contributed by atoms with Gasteiger partial charge in [-0.05, 0) is 26.7 Å². The van der Waals surface area contributed by atoms with Crippen LogP contribution in [0.25, 0.3) is 0 Å². The minimum Gasteiger partial charge on any atom is -0.480 e. The normalized spacial score (nSPS) is 15.8. The molecule has 0 bridgehead atoms. The second-order valence-corrected chi connectivity index (χ2v) is 5.52. The lowest BCUT2D eigenvalue weighted by molar-refractivity contribution is -0.135. The van der Waals surface area contributed by atoms with Crippen LogP contribution in [0, 0.1) is 0 Å². The number of carboxylic acids is 1. The number of aromatic nitrogens is 2. The molecule has 0 amide bonds. The predicted octanol–water partition coefficient (Wildman–Crippen LogP) is 1.66. The SMILES string of the molecule is CC(C)n1ccnc(N(CC(=O)O)C2CCCC2)c1=O. The van der Waals surface area contributed by atoms with Crippen LogP contribution in [0.3, 0.4) is 0 Å². The average Bonchev–Trinajstić information content (AvgIpc) is 2.89. The lowest BCUT2D eigenvalue weighted by Gasteiger charge is -2.28. The lowest BCUT2D eigenvalue weighted by Crippen LogP contribution is -2.42. The Morgan fingerprint density at radius 2 is 2.15 bits per heavy atom. The number of anilines is 1. The van der Waals surface area contributed by atoms with E-state index >= 15 is 0 Å². The third kappa shape index (κ3) is 3.00. The zero-order chi connectivity index (χ0) is 14.7. The van der Waals surface area contributed by atoms with Crippen LogP contribution in [-0.4, -0.2) is 33.2 Å². The van der Waals surface area contributed by atoms with Gasteiger partial charge >= 0.3 is 5.97 Å². The fourth-order valence-electron chi connectivity index (χ4n) is 2.76. The molecule has 0 aromatic carbocycles. The molecule has 1 N–H and O–H groups in total. The van der Waals surface area contributed by atoms with Crippen LogP contribution in [0.1, 0.15) is 45.6 Å². The Morgan fingerprint density at radius 1 is 1.50 bits per heavy atom. The molecule has 1 aromatic rings. The summed E-state index contributed by atoms with van der Waals surface area (Å²) in [4.78, 5) is 29.4. The highest BCUT2D eigenvalue weighted by atomic mass is 16.4. The van der Waals surface area contributed by atoms with Crippen molar-refractivity contribution in [2.45, 2.75) is 51.6 Å². The lowest BCUT2D eigenvalue weighted by atomic mass is 10.2. The maximum atomic E-state index is 12.5. The summed E-state index contributed by atoms with van der Waals surface area (Å²) in [5.41, 5.74) is -0.212. The van der Waals surface area contributed by atoms with E-state index in [1.54, 1.807) is 21.9 Å². The largest absolute Gasteiger partial charge is 0.480 e. The minimum absolute atomic E-state index is 0.0273. The summed E-state index contributed by atoms with van der Waals surface area (Å²) in [5, 5.41) is 9.10. The van der Waals surface area contributed by atoms with Gasteiger partial charge in [0.2, 0.25) is 0 Å². The van der Waals surface area contributed by atoms with Gasteiger partial charge in [-0.15, -0.1) is 0 Å². The molecule has 0 unspecified atom stereocenters. The maximum Gasteiger partial charge on any atom is 0.323 e. The summed E-state index contributed by atoms with van der Waals surface area (Å²) in [6, 6.07) is 0.133. The monoisotopic (exact) mass is 279 g/mol. The molecule has 2 rings (SSSR count). The van der Waals surface area contributed by atoms with Crippen molar-refractivity contribution in [3.63, 3.8) is 0 Å². The zero-order valence-electron chi connectivity index (χ0n) is 12.0. The van der Waals surface area contributed by atoms with E-state index in [1.165, 1.54) is 0 Å². The van der Waals surface area contributed by atoms with Crippen LogP contribution >= 0.6 is 0 Å². The first-order valence-electron chi connectivity index (χ1n) is 7.06. The van der Waals surface area contributed by atoms with Crippen molar-refractivity contribution in [2.75, 3.05) is 11.4 Å². The first-order chi connectivity index (χ1) is 9.50. The molecule has 0 spiro atoms. The molecular formula is C14H21N3O3. The molecule has 6 nitrogen and oxygen atoms in total. The van der Waals surface area contributed by atoms with Gasteiger partial charge in [-0.2, -0.15) is 0 Å². The van der Waals surface area contributed by atoms with Gasteiger partial charge in [-0.25, -0.2) is 4.98 Å². The summed E-state index contributed by atoms with van der Waals surface area (Å²) in [7, 11) is 0. The van der Waals surface area contributed by atoms with Crippen LogP contribution < -0.4 is 10.5 Å². The number of carbonyl (C=O) groups is 1. The van der Waals surface area contributed by atoms with Crippen LogP contribution in [0.15, 0.2) is 17.2 Å². The van der Waals surface area contributed by atoms with Gasteiger partial charge in [0, 0.05) is 24.5 Å². The molecule has 1 aromatic heterocycles. The molecule has 1 saturated carbocycles. The highest BCUT2D eigenvalue weighted by Crippen LogP contribution is 2.25. The van der Waals surface area contributed by atoms with E-state index < -0.39 is 5.97 Å². The molecule has 0 saturated heterocycles. The molecular weight excluding hydrogens is 258 g/mol. The quantitative estimate of drug-likeness (QED) is 0.887. The Bertz CT molecular complexity index is 533. The van der Waals surface area contributed by atoms with E-state index in [0.29, 0.717) is 0 Å². The Hall–Kier alpha value is -1.85. The Kier molecular flexibility index (Phi) is 4.42. The van der Waals surface area contributed by atoms with Crippen molar-refractivity contribution >= 4 is 11.8 Å². The van der Waals surface area contributed by atoms with Gasteiger partial charge < -0.3 is 14.6 Å². The summed E-state index contributed by atoms with van der Waals surface area (Å²) < 4.78 is 1.59. The highest BCUT2D eigenvalue weighted by Gasteiger charge is 2.27. The van der Waals surface area contributed by atoms with Crippen LogP contribution in [0.2, 0.25) is 0 Å². The fraction of sp³-hybridized carbons (Fsp3) is 0.643. The zero-order valence-corrected chi connectivity index (χ0v) is 12.0. The number of hydrogen-bond donors (Lipinski definition) is 1. The van der Waals surface area contributed by atoms with Gasteiger partial charge in [0.15, 0.2) is 5.82 Å². The molecule has 1 aliphatic carbocycles. The van der Waals surface area contributed by atoms with E-state index in [1.807, 2.05) is 13.8 Å². The van der Waals surface area contributed by atoms with Crippen molar-refractivity contribution in [1.82, 2.24) is 9.55 Å². The second kappa shape index (κ2) is 6.07. The van der Waals surface area contributed by atoms with E-state index in [9.17, 15) is 9.59 Å². The topological polar surface area (TPSA) is 75.4 Å². The first kappa shape index (κ1) is 14.6. The molecule has 20 heavy (non-hydrogen) atoms.